The fourth-order valence-electron chi connectivity index (χ4n) is 2.27. The fourth-order valence-corrected chi connectivity index (χ4v) is 2.27. The minimum Gasteiger partial charge on any atom is -0.339 e. The van der Waals surface area contributed by atoms with Gasteiger partial charge in [-0.25, -0.2) is 0 Å². The van der Waals surface area contributed by atoms with Crippen molar-refractivity contribution in [2.45, 2.75) is 0 Å². The molecule has 3 heteroatoms. The van der Waals surface area contributed by atoms with Gasteiger partial charge in [0.15, 0.2) is 0 Å². The first-order valence-corrected chi connectivity index (χ1v) is 6.20. The van der Waals surface area contributed by atoms with E-state index in [4.69, 9.17) is 0 Å². The van der Waals surface area contributed by atoms with Crippen LogP contribution in [0, 0.1) is 6.42 Å². The van der Waals surface area contributed by atoms with Gasteiger partial charge < -0.3 is 9.80 Å². The van der Waals surface area contributed by atoms with Crippen LogP contribution in [0.5, 0.6) is 0 Å². The summed E-state index contributed by atoms with van der Waals surface area (Å²) in [6, 6.07) is 18.0. The standard InChI is InChI=1S/C16H14N2O/c1-17-14-9-5-6-10-15(14)18(12-11-16(17)19)13-7-3-2-4-8-13/h2-10H,12H2,1H3. The van der Waals surface area contributed by atoms with Crippen molar-refractivity contribution in [3.63, 3.8) is 0 Å². The van der Waals surface area contributed by atoms with E-state index in [1.165, 1.54) is 0 Å². The van der Waals surface area contributed by atoms with Crippen LogP contribution >= 0.6 is 0 Å². The molecule has 1 aliphatic rings. The van der Waals surface area contributed by atoms with Crippen molar-refractivity contribution in [3.05, 3.63) is 61.0 Å². The van der Waals surface area contributed by atoms with E-state index in [1.807, 2.05) is 54.6 Å². The highest BCUT2D eigenvalue weighted by molar-refractivity contribution is 6.04. The van der Waals surface area contributed by atoms with E-state index >= 15 is 0 Å². The van der Waals surface area contributed by atoms with Gasteiger partial charge in [0, 0.05) is 19.3 Å². The Morgan fingerprint density at radius 3 is 2.32 bits per heavy atom. The Balaban J connectivity index is 2.12. The van der Waals surface area contributed by atoms with Gasteiger partial charge in [-0.2, -0.15) is 0 Å². The number of nitrogens with zero attached hydrogens (tertiary/aromatic N) is 2. The number of benzene rings is 2. The van der Waals surface area contributed by atoms with Gasteiger partial charge in [-0.1, -0.05) is 30.3 Å². The quantitative estimate of drug-likeness (QED) is 0.777. The minimum absolute atomic E-state index is 0.0918. The first kappa shape index (κ1) is 11.8. The van der Waals surface area contributed by atoms with Crippen LogP contribution in [-0.2, 0) is 4.79 Å². The third-order valence-electron chi connectivity index (χ3n) is 3.29. The first-order valence-electron chi connectivity index (χ1n) is 6.20. The average molecular weight is 250 g/mol. The van der Waals surface area contributed by atoms with Crippen molar-refractivity contribution in [2.75, 3.05) is 23.4 Å². The van der Waals surface area contributed by atoms with E-state index < -0.39 is 0 Å². The molecule has 0 bridgehead atoms. The van der Waals surface area contributed by atoms with Crippen molar-refractivity contribution in [2.24, 2.45) is 0 Å². The van der Waals surface area contributed by atoms with Crippen molar-refractivity contribution in [3.8, 4) is 0 Å². The molecule has 1 heterocycles. The Kier molecular flexibility index (Phi) is 2.95. The molecule has 1 aliphatic heterocycles. The van der Waals surface area contributed by atoms with Gasteiger partial charge in [-0.05, 0) is 24.3 Å². The first-order chi connectivity index (χ1) is 9.27. The van der Waals surface area contributed by atoms with E-state index in [1.54, 1.807) is 11.9 Å². The van der Waals surface area contributed by atoms with Crippen molar-refractivity contribution < 1.29 is 4.79 Å². The highest BCUT2D eigenvalue weighted by Gasteiger charge is 2.24. The van der Waals surface area contributed by atoms with Crippen LogP contribution in [0.2, 0.25) is 0 Å². The molecule has 0 fully saturated rings. The number of hydrogen-bond donors (Lipinski definition) is 0. The molecule has 2 aromatic carbocycles. The maximum Gasteiger partial charge on any atom is 0.237 e. The second-order valence-electron chi connectivity index (χ2n) is 4.45. The second-order valence-corrected chi connectivity index (χ2v) is 4.45. The molecule has 0 aliphatic carbocycles. The number of carbonyl (C=O) groups excluding carboxylic acids is 1. The SMILES string of the molecule is CN1C(=O)[C]CN(c2ccccc2)c2ccccc21. The van der Waals surface area contributed by atoms with Crippen LogP contribution < -0.4 is 9.80 Å². The van der Waals surface area contributed by atoms with Gasteiger partial charge in [-0.15, -0.1) is 0 Å². The third-order valence-corrected chi connectivity index (χ3v) is 3.29. The molecule has 0 N–H and O–H groups in total. The van der Waals surface area contributed by atoms with Crippen molar-refractivity contribution in [1.29, 1.82) is 0 Å². The number of para-hydroxylation sites is 3. The van der Waals surface area contributed by atoms with E-state index in [2.05, 4.69) is 11.3 Å². The maximum atomic E-state index is 11.9. The molecule has 0 spiro atoms. The van der Waals surface area contributed by atoms with Gasteiger partial charge >= 0.3 is 0 Å². The zero-order valence-corrected chi connectivity index (χ0v) is 10.7. The Labute approximate surface area is 113 Å². The largest absolute Gasteiger partial charge is 0.339 e. The van der Waals surface area contributed by atoms with Gasteiger partial charge in [-0.3, -0.25) is 4.79 Å². The molecular weight excluding hydrogens is 236 g/mol. The zero-order valence-electron chi connectivity index (χ0n) is 10.7. The molecule has 2 radical (unpaired) electrons. The molecule has 0 atom stereocenters. The molecule has 0 saturated heterocycles. The molecule has 0 saturated carbocycles. The van der Waals surface area contributed by atoms with Crippen LogP contribution in [0.3, 0.4) is 0 Å². The lowest BCUT2D eigenvalue weighted by molar-refractivity contribution is -0.115. The molecule has 94 valence electrons. The number of hydrogen-bond acceptors (Lipinski definition) is 2. The molecule has 0 aromatic heterocycles. The van der Waals surface area contributed by atoms with Gasteiger partial charge in [0.05, 0.1) is 11.4 Å². The Bertz CT molecular complexity index is 595. The Morgan fingerprint density at radius 1 is 0.947 bits per heavy atom. The summed E-state index contributed by atoms with van der Waals surface area (Å²) in [5.41, 5.74) is 2.99. The number of amides is 1. The zero-order chi connectivity index (χ0) is 13.2. The van der Waals surface area contributed by atoms with E-state index in [9.17, 15) is 4.79 Å². The summed E-state index contributed by atoms with van der Waals surface area (Å²) in [5, 5.41) is 0. The van der Waals surface area contributed by atoms with Crippen LogP contribution in [0.15, 0.2) is 54.6 Å². The molecule has 1 amide bonds. The number of carbonyl (C=O) groups is 1. The average Bonchev–Trinajstić information content (AvgIpc) is 2.59. The maximum absolute atomic E-state index is 11.9. The highest BCUT2D eigenvalue weighted by Crippen LogP contribution is 2.35. The molecule has 0 unspecified atom stereocenters. The summed E-state index contributed by atoms with van der Waals surface area (Å²) < 4.78 is 0. The summed E-state index contributed by atoms with van der Waals surface area (Å²) in [7, 11) is 1.78. The summed E-state index contributed by atoms with van der Waals surface area (Å²) >= 11 is 0. The van der Waals surface area contributed by atoms with Crippen LogP contribution in [0.4, 0.5) is 17.1 Å². The third kappa shape index (κ3) is 2.08. The van der Waals surface area contributed by atoms with Crippen LogP contribution in [0.1, 0.15) is 0 Å². The number of fused-ring (bicyclic) bond motifs is 1. The summed E-state index contributed by atoms with van der Waals surface area (Å²) in [5.74, 6) is -0.0918. The number of anilines is 3. The van der Waals surface area contributed by atoms with Crippen LogP contribution in [0.25, 0.3) is 0 Å². The highest BCUT2D eigenvalue weighted by atomic mass is 16.2. The summed E-state index contributed by atoms with van der Waals surface area (Å²) in [6.45, 7) is 0.462. The predicted molar refractivity (Wildman–Crippen MR) is 76.5 cm³/mol. The van der Waals surface area contributed by atoms with E-state index in [0.29, 0.717) is 6.54 Å². The number of rotatable bonds is 1. The molecule has 3 nitrogen and oxygen atoms in total. The monoisotopic (exact) mass is 250 g/mol. The molecule has 3 rings (SSSR count). The Hall–Kier alpha value is -2.29. The smallest absolute Gasteiger partial charge is 0.237 e. The normalized spacial score (nSPS) is 15.1. The lowest BCUT2D eigenvalue weighted by Crippen LogP contribution is -2.26. The summed E-state index contributed by atoms with van der Waals surface area (Å²) in [6.07, 6.45) is 2.90. The predicted octanol–water partition coefficient (Wildman–Crippen LogP) is 2.88. The lowest BCUT2D eigenvalue weighted by Gasteiger charge is -2.25. The lowest BCUT2D eigenvalue weighted by atomic mass is 10.2. The molecule has 19 heavy (non-hydrogen) atoms. The molecular formula is C16H14N2O. The fraction of sp³-hybridized carbons (Fsp3) is 0.125. The second kappa shape index (κ2) is 4.76. The minimum atomic E-state index is -0.0918. The van der Waals surface area contributed by atoms with Crippen LogP contribution in [-0.4, -0.2) is 19.5 Å². The van der Waals surface area contributed by atoms with Gasteiger partial charge in [0.2, 0.25) is 5.91 Å². The topological polar surface area (TPSA) is 23.6 Å². The van der Waals surface area contributed by atoms with Gasteiger partial charge in [0.25, 0.3) is 0 Å². The summed E-state index contributed by atoms with van der Waals surface area (Å²) in [4.78, 5) is 15.7. The van der Waals surface area contributed by atoms with E-state index in [-0.39, 0.29) is 5.91 Å². The molecule has 2 aromatic rings. The van der Waals surface area contributed by atoms with Crippen molar-refractivity contribution in [1.82, 2.24) is 0 Å². The van der Waals surface area contributed by atoms with E-state index in [0.717, 1.165) is 17.1 Å². The Morgan fingerprint density at radius 2 is 1.58 bits per heavy atom. The van der Waals surface area contributed by atoms with Gasteiger partial charge in [0.1, 0.15) is 6.42 Å². The van der Waals surface area contributed by atoms with Crippen molar-refractivity contribution >= 4 is 23.0 Å².